The van der Waals surface area contributed by atoms with Crippen molar-refractivity contribution in [2.75, 3.05) is 18.0 Å². The Balaban J connectivity index is 2.72. The number of halogens is 1. The Hall–Kier alpha value is -1.55. The van der Waals surface area contributed by atoms with E-state index in [4.69, 9.17) is 11.6 Å². The van der Waals surface area contributed by atoms with Crippen LogP contribution in [0.3, 0.4) is 0 Å². The Labute approximate surface area is 118 Å². The molecule has 19 heavy (non-hydrogen) atoms. The number of nitrogens with one attached hydrogen (secondary N) is 1. The molecule has 0 fully saturated rings. The SMILES string of the molecule is CCCCNC(=O)CN(C(C)=O)c1ccccc1Cl. The fraction of sp³-hybridized carbons (Fsp3) is 0.429. The summed E-state index contributed by atoms with van der Waals surface area (Å²) >= 11 is 6.05. The van der Waals surface area contributed by atoms with Gasteiger partial charge in [0.1, 0.15) is 6.54 Å². The maximum Gasteiger partial charge on any atom is 0.240 e. The highest BCUT2D eigenvalue weighted by molar-refractivity contribution is 6.33. The molecular formula is C14H19ClN2O2. The van der Waals surface area contributed by atoms with Gasteiger partial charge in [0.2, 0.25) is 11.8 Å². The molecule has 1 aromatic rings. The molecule has 1 rings (SSSR count). The van der Waals surface area contributed by atoms with E-state index in [0.717, 1.165) is 12.8 Å². The van der Waals surface area contributed by atoms with Crippen LogP contribution in [-0.2, 0) is 9.59 Å². The van der Waals surface area contributed by atoms with Crippen molar-refractivity contribution in [1.29, 1.82) is 0 Å². The second-order valence-corrected chi connectivity index (χ2v) is 4.67. The topological polar surface area (TPSA) is 49.4 Å². The fourth-order valence-corrected chi connectivity index (χ4v) is 1.88. The second kappa shape index (κ2) is 7.79. The standard InChI is InChI=1S/C14H19ClN2O2/c1-3-4-9-16-14(19)10-17(11(2)18)13-8-6-5-7-12(13)15/h5-8H,3-4,9-10H2,1-2H3,(H,16,19). The molecule has 0 heterocycles. The Kier molecular flexibility index (Phi) is 6.36. The average molecular weight is 283 g/mol. The molecule has 0 atom stereocenters. The fourth-order valence-electron chi connectivity index (χ4n) is 1.64. The van der Waals surface area contributed by atoms with Crippen LogP contribution in [0.15, 0.2) is 24.3 Å². The van der Waals surface area contributed by atoms with Gasteiger partial charge in [0.05, 0.1) is 10.7 Å². The quantitative estimate of drug-likeness (QED) is 0.816. The molecular weight excluding hydrogens is 264 g/mol. The lowest BCUT2D eigenvalue weighted by Gasteiger charge is -2.21. The van der Waals surface area contributed by atoms with Gasteiger partial charge in [-0.25, -0.2) is 0 Å². The monoisotopic (exact) mass is 282 g/mol. The summed E-state index contributed by atoms with van der Waals surface area (Å²) in [5.41, 5.74) is 0.558. The summed E-state index contributed by atoms with van der Waals surface area (Å²) in [4.78, 5) is 24.8. The van der Waals surface area contributed by atoms with Gasteiger partial charge in [-0.2, -0.15) is 0 Å². The zero-order chi connectivity index (χ0) is 14.3. The number of benzene rings is 1. The minimum Gasteiger partial charge on any atom is -0.355 e. The molecule has 0 saturated heterocycles. The average Bonchev–Trinajstić information content (AvgIpc) is 2.37. The minimum absolute atomic E-state index is 0.0111. The zero-order valence-corrected chi connectivity index (χ0v) is 12.0. The largest absolute Gasteiger partial charge is 0.355 e. The van der Waals surface area contributed by atoms with Crippen LogP contribution in [0, 0.1) is 0 Å². The summed E-state index contributed by atoms with van der Waals surface area (Å²) in [6, 6.07) is 6.99. The molecule has 0 aromatic heterocycles. The van der Waals surface area contributed by atoms with Gasteiger partial charge >= 0.3 is 0 Å². The van der Waals surface area contributed by atoms with E-state index in [1.165, 1.54) is 11.8 Å². The Bertz CT molecular complexity index is 449. The van der Waals surface area contributed by atoms with Crippen LogP contribution in [0.1, 0.15) is 26.7 Å². The van der Waals surface area contributed by atoms with E-state index in [1.54, 1.807) is 24.3 Å². The number of unbranched alkanes of at least 4 members (excludes halogenated alkanes) is 1. The predicted molar refractivity (Wildman–Crippen MR) is 77.4 cm³/mol. The summed E-state index contributed by atoms with van der Waals surface area (Å²) in [6.07, 6.45) is 1.94. The van der Waals surface area contributed by atoms with Crippen molar-refractivity contribution >= 4 is 29.1 Å². The number of nitrogens with zero attached hydrogens (tertiary/aromatic N) is 1. The first-order valence-electron chi connectivity index (χ1n) is 6.35. The van der Waals surface area contributed by atoms with Gasteiger partial charge < -0.3 is 10.2 Å². The van der Waals surface area contributed by atoms with Crippen LogP contribution < -0.4 is 10.2 Å². The summed E-state index contributed by atoms with van der Waals surface area (Å²) in [7, 11) is 0. The van der Waals surface area contributed by atoms with Crippen molar-refractivity contribution in [1.82, 2.24) is 5.32 Å². The smallest absolute Gasteiger partial charge is 0.240 e. The number of rotatable bonds is 6. The van der Waals surface area contributed by atoms with E-state index in [0.29, 0.717) is 17.3 Å². The molecule has 0 saturated carbocycles. The molecule has 0 bridgehead atoms. The van der Waals surface area contributed by atoms with E-state index in [2.05, 4.69) is 12.2 Å². The Morgan fingerprint density at radius 1 is 1.32 bits per heavy atom. The third kappa shape index (κ3) is 4.91. The number of carbonyl (C=O) groups excluding carboxylic acids is 2. The normalized spacial score (nSPS) is 10.1. The van der Waals surface area contributed by atoms with Crippen molar-refractivity contribution in [2.45, 2.75) is 26.7 Å². The summed E-state index contributed by atoms with van der Waals surface area (Å²) in [5, 5.41) is 3.24. The van der Waals surface area contributed by atoms with Crippen LogP contribution in [0.25, 0.3) is 0 Å². The third-order valence-corrected chi connectivity index (χ3v) is 3.00. The molecule has 0 radical (unpaired) electrons. The van der Waals surface area contributed by atoms with Gasteiger partial charge in [-0.05, 0) is 18.6 Å². The number of amides is 2. The third-order valence-electron chi connectivity index (χ3n) is 2.68. The lowest BCUT2D eigenvalue weighted by atomic mass is 10.2. The molecule has 0 aliphatic carbocycles. The van der Waals surface area contributed by atoms with Gasteiger partial charge in [0.15, 0.2) is 0 Å². The maximum absolute atomic E-state index is 11.8. The van der Waals surface area contributed by atoms with E-state index < -0.39 is 0 Å². The van der Waals surface area contributed by atoms with Gasteiger partial charge in [-0.3, -0.25) is 9.59 Å². The first-order chi connectivity index (χ1) is 9.06. The number of anilines is 1. The molecule has 0 unspecified atom stereocenters. The molecule has 5 heteroatoms. The first kappa shape index (κ1) is 15.5. The summed E-state index contributed by atoms with van der Waals surface area (Å²) in [6.45, 7) is 4.09. The van der Waals surface area contributed by atoms with Crippen molar-refractivity contribution in [2.24, 2.45) is 0 Å². The molecule has 0 spiro atoms. The zero-order valence-electron chi connectivity index (χ0n) is 11.3. The minimum atomic E-state index is -0.209. The lowest BCUT2D eigenvalue weighted by molar-refractivity contribution is -0.123. The number of hydrogen-bond donors (Lipinski definition) is 1. The van der Waals surface area contributed by atoms with E-state index in [9.17, 15) is 9.59 Å². The highest BCUT2D eigenvalue weighted by Crippen LogP contribution is 2.24. The molecule has 1 N–H and O–H groups in total. The van der Waals surface area contributed by atoms with E-state index >= 15 is 0 Å². The highest BCUT2D eigenvalue weighted by atomic mass is 35.5. The molecule has 1 aromatic carbocycles. The van der Waals surface area contributed by atoms with Crippen molar-refractivity contribution in [3.05, 3.63) is 29.3 Å². The maximum atomic E-state index is 11.8. The van der Waals surface area contributed by atoms with Crippen LogP contribution in [0.4, 0.5) is 5.69 Å². The van der Waals surface area contributed by atoms with Gasteiger partial charge in [0.25, 0.3) is 0 Å². The van der Waals surface area contributed by atoms with Crippen LogP contribution in [0.2, 0.25) is 5.02 Å². The predicted octanol–water partition coefficient (Wildman–Crippen LogP) is 2.61. The first-order valence-corrected chi connectivity index (χ1v) is 6.73. The number of hydrogen-bond acceptors (Lipinski definition) is 2. The number of carbonyl (C=O) groups is 2. The van der Waals surface area contributed by atoms with Crippen molar-refractivity contribution in [3.63, 3.8) is 0 Å². The Morgan fingerprint density at radius 3 is 2.58 bits per heavy atom. The molecule has 2 amide bonds. The van der Waals surface area contributed by atoms with Gasteiger partial charge in [-0.15, -0.1) is 0 Å². The van der Waals surface area contributed by atoms with Crippen LogP contribution in [-0.4, -0.2) is 24.9 Å². The van der Waals surface area contributed by atoms with E-state index in [1.807, 2.05) is 0 Å². The van der Waals surface area contributed by atoms with Crippen LogP contribution in [0.5, 0.6) is 0 Å². The second-order valence-electron chi connectivity index (χ2n) is 4.26. The highest BCUT2D eigenvalue weighted by Gasteiger charge is 2.17. The van der Waals surface area contributed by atoms with Crippen LogP contribution >= 0.6 is 11.6 Å². The molecule has 0 aliphatic rings. The molecule has 0 aliphatic heterocycles. The molecule has 4 nitrogen and oxygen atoms in total. The Morgan fingerprint density at radius 2 is 2.00 bits per heavy atom. The summed E-state index contributed by atoms with van der Waals surface area (Å²) < 4.78 is 0. The van der Waals surface area contributed by atoms with Crippen molar-refractivity contribution in [3.8, 4) is 0 Å². The molecule has 104 valence electrons. The van der Waals surface area contributed by atoms with Gasteiger partial charge in [-0.1, -0.05) is 37.1 Å². The summed E-state index contributed by atoms with van der Waals surface area (Å²) in [5.74, 6) is -0.387. The van der Waals surface area contributed by atoms with Crippen molar-refractivity contribution < 1.29 is 9.59 Å². The van der Waals surface area contributed by atoms with Gasteiger partial charge in [0, 0.05) is 13.5 Å². The number of para-hydroxylation sites is 1. The lowest BCUT2D eigenvalue weighted by Crippen LogP contribution is -2.40. The van der Waals surface area contributed by atoms with E-state index in [-0.39, 0.29) is 18.4 Å².